The van der Waals surface area contributed by atoms with Crippen molar-refractivity contribution in [2.24, 2.45) is 17.8 Å². The number of hydrogen-bond acceptors (Lipinski definition) is 3. The maximum atomic E-state index is 5.84. The van der Waals surface area contributed by atoms with Crippen molar-refractivity contribution in [2.45, 2.75) is 44.8 Å². The van der Waals surface area contributed by atoms with Gasteiger partial charge in [-0.05, 0) is 51.5 Å². The highest BCUT2D eigenvalue weighted by Gasteiger charge is 2.46. The van der Waals surface area contributed by atoms with Crippen molar-refractivity contribution in [1.82, 2.24) is 4.90 Å². The smallest absolute Gasteiger partial charge is 0.0645 e. The van der Waals surface area contributed by atoms with Crippen molar-refractivity contribution in [3.8, 4) is 0 Å². The average molecular weight is 257 g/mol. The van der Waals surface area contributed by atoms with Crippen LogP contribution in [0.2, 0.25) is 0 Å². The molecule has 2 fully saturated rings. The molecule has 0 bridgehead atoms. The van der Waals surface area contributed by atoms with Gasteiger partial charge in [0.05, 0.1) is 6.10 Å². The second-order valence-electron chi connectivity index (χ2n) is 5.89. The van der Waals surface area contributed by atoms with Gasteiger partial charge in [-0.2, -0.15) is 12.6 Å². The third-order valence-electron chi connectivity index (χ3n) is 5.23. The molecule has 0 radical (unpaired) electrons. The largest absolute Gasteiger partial charge is 0.381 e. The van der Waals surface area contributed by atoms with Crippen molar-refractivity contribution in [1.29, 1.82) is 0 Å². The number of rotatable bonds is 5. The van der Waals surface area contributed by atoms with E-state index in [0.717, 1.165) is 24.1 Å². The topological polar surface area (TPSA) is 12.5 Å². The Hall–Kier alpha value is 0.270. The predicted octanol–water partition coefficient (Wildman–Crippen LogP) is 2.69. The van der Waals surface area contributed by atoms with E-state index in [1.165, 1.54) is 25.7 Å². The Kier molecular flexibility index (Phi) is 4.79. The summed E-state index contributed by atoms with van der Waals surface area (Å²) in [6, 6.07) is 0.619. The summed E-state index contributed by atoms with van der Waals surface area (Å²) in [5, 5.41) is 0. The fourth-order valence-corrected chi connectivity index (χ4v) is 4.14. The maximum absolute atomic E-state index is 5.84. The van der Waals surface area contributed by atoms with Gasteiger partial charge < -0.3 is 9.64 Å². The average Bonchev–Trinajstić information content (AvgIpc) is 2.29. The second kappa shape index (κ2) is 5.94. The van der Waals surface area contributed by atoms with Crippen molar-refractivity contribution in [3.05, 3.63) is 0 Å². The van der Waals surface area contributed by atoms with Gasteiger partial charge in [0.2, 0.25) is 0 Å². The minimum absolute atomic E-state index is 0.500. The van der Waals surface area contributed by atoms with Crippen molar-refractivity contribution < 1.29 is 4.74 Å². The van der Waals surface area contributed by atoms with Gasteiger partial charge >= 0.3 is 0 Å². The van der Waals surface area contributed by atoms with E-state index in [9.17, 15) is 0 Å². The Balaban J connectivity index is 1.98. The molecule has 4 unspecified atom stereocenters. The zero-order chi connectivity index (χ0) is 12.4. The molecule has 2 aliphatic carbocycles. The van der Waals surface area contributed by atoms with Crippen LogP contribution in [0.1, 0.15) is 32.6 Å². The Labute approximate surface area is 112 Å². The van der Waals surface area contributed by atoms with E-state index >= 15 is 0 Å². The lowest BCUT2D eigenvalue weighted by Crippen LogP contribution is -2.52. The molecule has 0 aromatic carbocycles. The summed E-state index contributed by atoms with van der Waals surface area (Å²) < 4.78 is 5.84. The molecule has 5 atom stereocenters. The fraction of sp³-hybridized carbons (Fsp3) is 1.00. The first kappa shape index (κ1) is 13.7. The van der Waals surface area contributed by atoms with Crippen LogP contribution in [0.3, 0.4) is 0 Å². The molecule has 2 rings (SSSR count). The SMILES string of the molecule is CO[C@@H]1C2CCC2CCC1C(C)N(C)CCS. The van der Waals surface area contributed by atoms with E-state index in [1.807, 2.05) is 7.11 Å². The van der Waals surface area contributed by atoms with E-state index in [0.29, 0.717) is 18.1 Å². The summed E-state index contributed by atoms with van der Waals surface area (Å²) in [7, 11) is 4.13. The Morgan fingerprint density at radius 2 is 2.00 bits per heavy atom. The molecule has 2 nitrogen and oxygen atoms in total. The number of hydrogen-bond donors (Lipinski definition) is 1. The quantitative estimate of drug-likeness (QED) is 0.760. The third kappa shape index (κ3) is 2.66. The lowest BCUT2D eigenvalue weighted by atomic mass is 9.60. The lowest BCUT2D eigenvalue weighted by molar-refractivity contribution is -0.103. The van der Waals surface area contributed by atoms with Gasteiger partial charge in [0, 0.05) is 31.4 Å². The summed E-state index contributed by atoms with van der Waals surface area (Å²) in [5.41, 5.74) is 0. The van der Waals surface area contributed by atoms with Crippen LogP contribution in [0.4, 0.5) is 0 Å². The van der Waals surface area contributed by atoms with E-state index in [-0.39, 0.29) is 0 Å². The van der Waals surface area contributed by atoms with Crippen LogP contribution in [0.5, 0.6) is 0 Å². The van der Waals surface area contributed by atoms with Gasteiger partial charge in [-0.1, -0.05) is 0 Å². The monoisotopic (exact) mass is 257 g/mol. The van der Waals surface area contributed by atoms with Crippen LogP contribution < -0.4 is 0 Å². The van der Waals surface area contributed by atoms with Gasteiger partial charge in [0.1, 0.15) is 0 Å². The third-order valence-corrected chi connectivity index (χ3v) is 5.43. The zero-order valence-corrected chi connectivity index (χ0v) is 12.3. The molecule has 2 saturated carbocycles. The van der Waals surface area contributed by atoms with E-state index < -0.39 is 0 Å². The number of thiol groups is 1. The molecule has 0 aliphatic heterocycles. The molecule has 2 aliphatic rings. The summed E-state index contributed by atoms with van der Waals surface area (Å²) >= 11 is 4.33. The Morgan fingerprint density at radius 1 is 1.29 bits per heavy atom. The van der Waals surface area contributed by atoms with Crippen LogP contribution in [-0.2, 0) is 4.74 Å². The first-order valence-corrected chi connectivity index (χ1v) is 7.66. The zero-order valence-electron chi connectivity index (χ0n) is 11.4. The Morgan fingerprint density at radius 3 is 2.53 bits per heavy atom. The standard InChI is InChI=1S/C14H27NOS/c1-10(15(2)8-9-17)12-6-4-11-5-7-13(11)14(12)16-3/h10-14,17H,4-9H2,1-3H3/t10?,11?,12?,13?,14-/m0/s1. The normalized spacial score (nSPS) is 38.6. The number of ether oxygens (including phenoxy) is 1. The van der Waals surface area contributed by atoms with E-state index in [1.54, 1.807) is 0 Å². The van der Waals surface area contributed by atoms with Crippen molar-refractivity contribution in [2.75, 3.05) is 26.5 Å². The number of fused-ring (bicyclic) bond motifs is 1. The molecule has 0 aromatic rings. The first-order chi connectivity index (χ1) is 8.19. The van der Waals surface area contributed by atoms with Gasteiger partial charge in [0.15, 0.2) is 0 Å². The first-order valence-electron chi connectivity index (χ1n) is 7.03. The van der Waals surface area contributed by atoms with Crippen LogP contribution >= 0.6 is 12.6 Å². The molecule has 0 saturated heterocycles. The second-order valence-corrected chi connectivity index (χ2v) is 6.33. The molecular formula is C14H27NOS. The highest BCUT2D eigenvalue weighted by molar-refractivity contribution is 7.80. The molecule has 0 amide bonds. The molecule has 0 N–H and O–H groups in total. The molecule has 100 valence electrons. The predicted molar refractivity (Wildman–Crippen MR) is 75.7 cm³/mol. The number of methoxy groups -OCH3 is 1. The van der Waals surface area contributed by atoms with Crippen LogP contribution in [0, 0.1) is 17.8 Å². The van der Waals surface area contributed by atoms with Crippen molar-refractivity contribution in [3.63, 3.8) is 0 Å². The highest BCUT2D eigenvalue weighted by Crippen LogP contribution is 2.49. The summed E-state index contributed by atoms with van der Waals surface area (Å²) in [5.74, 6) is 3.48. The summed E-state index contributed by atoms with van der Waals surface area (Å²) in [6.45, 7) is 3.43. The molecule has 0 spiro atoms. The van der Waals surface area contributed by atoms with Crippen LogP contribution in [0.25, 0.3) is 0 Å². The fourth-order valence-electron chi connectivity index (χ4n) is 3.83. The minimum Gasteiger partial charge on any atom is -0.381 e. The van der Waals surface area contributed by atoms with Gasteiger partial charge in [-0.25, -0.2) is 0 Å². The van der Waals surface area contributed by atoms with Crippen molar-refractivity contribution >= 4 is 12.6 Å². The van der Waals surface area contributed by atoms with Gasteiger partial charge in [0.25, 0.3) is 0 Å². The Bertz CT molecular complexity index is 248. The minimum atomic E-state index is 0.500. The molecule has 0 aromatic heterocycles. The van der Waals surface area contributed by atoms with Gasteiger partial charge in [-0.3, -0.25) is 0 Å². The summed E-state index contributed by atoms with van der Waals surface area (Å²) in [4.78, 5) is 2.45. The molecule has 17 heavy (non-hydrogen) atoms. The van der Waals surface area contributed by atoms with E-state index in [2.05, 4.69) is 31.5 Å². The maximum Gasteiger partial charge on any atom is 0.0645 e. The van der Waals surface area contributed by atoms with Crippen LogP contribution in [0.15, 0.2) is 0 Å². The number of nitrogens with zero attached hydrogens (tertiary/aromatic N) is 1. The summed E-state index contributed by atoms with van der Waals surface area (Å²) in [6.07, 6.45) is 6.10. The highest BCUT2D eigenvalue weighted by atomic mass is 32.1. The lowest BCUT2D eigenvalue weighted by Gasteiger charge is -2.51. The van der Waals surface area contributed by atoms with Gasteiger partial charge in [-0.15, -0.1) is 0 Å². The van der Waals surface area contributed by atoms with Crippen LogP contribution in [-0.4, -0.2) is 43.5 Å². The van der Waals surface area contributed by atoms with E-state index in [4.69, 9.17) is 4.74 Å². The molecule has 0 heterocycles. The molecule has 3 heteroatoms. The molecular weight excluding hydrogens is 230 g/mol.